The number of carbonyl (C=O) groups is 2. The first kappa shape index (κ1) is 17.5. The number of pyridine rings is 1. The molecular formula is C22H19N3O4. The maximum atomic E-state index is 12.7. The third-order valence-electron chi connectivity index (χ3n) is 5.26. The van der Waals surface area contributed by atoms with E-state index in [-0.39, 0.29) is 24.5 Å². The Bertz CT molecular complexity index is 1140. The first-order valence-electron chi connectivity index (χ1n) is 9.45. The summed E-state index contributed by atoms with van der Waals surface area (Å²) in [7, 11) is 0. The molecule has 0 unspecified atom stereocenters. The predicted molar refractivity (Wildman–Crippen MR) is 107 cm³/mol. The van der Waals surface area contributed by atoms with Gasteiger partial charge in [0, 0.05) is 29.7 Å². The summed E-state index contributed by atoms with van der Waals surface area (Å²) < 4.78 is 10.6. The number of para-hydroxylation sites is 1. The van der Waals surface area contributed by atoms with Crippen LogP contribution in [0.3, 0.4) is 0 Å². The number of ether oxygens (including phenoxy) is 2. The van der Waals surface area contributed by atoms with Crippen molar-refractivity contribution in [1.82, 2.24) is 9.88 Å². The number of fused-ring (bicyclic) bond motifs is 2. The molecule has 0 radical (unpaired) electrons. The summed E-state index contributed by atoms with van der Waals surface area (Å²) in [5.41, 5.74) is 2.96. The van der Waals surface area contributed by atoms with Gasteiger partial charge in [-0.3, -0.25) is 14.6 Å². The standard InChI is InChI=1S/C22H19N3O4/c1-13-8-18(16-4-2-3-5-17(16)23-13)24-21(26)15-10-25(11-15)22(27)14-6-7-19-20(9-14)29-12-28-19/h2-9,15H,10-12H2,1H3,(H,23,24,26). The summed E-state index contributed by atoms with van der Waals surface area (Å²) in [6.07, 6.45) is 0. The van der Waals surface area contributed by atoms with E-state index in [1.165, 1.54) is 0 Å². The Morgan fingerprint density at radius 2 is 1.86 bits per heavy atom. The highest BCUT2D eigenvalue weighted by atomic mass is 16.7. The number of benzene rings is 2. The number of carbonyl (C=O) groups excluding carboxylic acids is 2. The number of aromatic nitrogens is 1. The summed E-state index contributed by atoms with van der Waals surface area (Å²) >= 11 is 0. The van der Waals surface area contributed by atoms with Crippen LogP contribution >= 0.6 is 0 Å². The molecule has 1 fully saturated rings. The summed E-state index contributed by atoms with van der Waals surface area (Å²) in [6.45, 7) is 2.85. The van der Waals surface area contributed by atoms with Gasteiger partial charge in [-0.15, -0.1) is 0 Å². The van der Waals surface area contributed by atoms with Gasteiger partial charge in [-0.1, -0.05) is 18.2 Å². The maximum absolute atomic E-state index is 12.7. The zero-order valence-electron chi connectivity index (χ0n) is 15.8. The van der Waals surface area contributed by atoms with E-state index < -0.39 is 0 Å². The Kier molecular flexibility index (Phi) is 4.08. The molecule has 2 amide bonds. The minimum atomic E-state index is -0.236. The molecule has 146 valence electrons. The van der Waals surface area contributed by atoms with Gasteiger partial charge in [0.1, 0.15) is 0 Å². The molecule has 3 aromatic rings. The van der Waals surface area contributed by atoms with Gasteiger partial charge < -0.3 is 19.7 Å². The Labute approximate surface area is 167 Å². The molecule has 2 aliphatic rings. The van der Waals surface area contributed by atoms with Gasteiger partial charge in [-0.25, -0.2) is 0 Å². The molecule has 7 heteroatoms. The first-order chi connectivity index (χ1) is 14.1. The smallest absolute Gasteiger partial charge is 0.254 e. The Morgan fingerprint density at radius 1 is 1.07 bits per heavy atom. The van der Waals surface area contributed by atoms with Crippen molar-refractivity contribution in [2.75, 3.05) is 25.2 Å². The lowest BCUT2D eigenvalue weighted by Gasteiger charge is -2.38. The number of nitrogens with one attached hydrogen (secondary N) is 1. The average molecular weight is 389 g/mol. The molecule has 1 N–H and O–H groups in total. The second-order valence-corrected chi connectivity index (χ2v) is 7.29. The fraction of sp³-hybridized carbons (Fsp3) is 0.227. The monoisotopic (exact) mass is 389 g/mol. The fourth-order valence-electron chi connectivity index (χ4n) is 3.67. The summed E-state index contributed by atoms with van der Waals surface area (Å²) in [6, 6.07) is 14.7. The van der Waals surface area contributed by atoms with Crippen LogP contribution < -0.4 is 14.8 Å². The number of aryl methyl sites for hydroxylation is 1. The van der Waals surface area contributed by atoms with Crippen molar-refractivity contribution in [3.63, 3.8) is 0 Å². The zero-order valence-corrected chi connectivity index (χ0v) is 15.8. The van der Waals surface area contributed by atoms with E-state index in [2.05, 4.69) is 10.3 Å². The van der Waals surface area contributed by atoms with E-state index in [1.54, 1.807) is 23.1 Å². The summed E-state index contributed by atoms with van der Waals surface area (Å²) in [5.74, 6) is 0.779. The number of hydrogen-bond donors (Lipinski definition) is 1. The highest BCUT2D eigenvalue weighted by Crippen LogP contribution is 2.33. The largest absolute Gasteiger partial charge is 0.454 e. The zero-order chi connectivity index (χ0) is 20.0. The second-order valence-electron chi connectivity index (χ2n) is 7.29. The minimum absolute atomic E-state index is 0.0875. The van der Waals surface area contributed by atoms with Gasteiger partial charge in [0.15, 0.2) is 11.5 Å². The van der Waals surface area contributed by atoms with Crippen LogP contribution in [0, 0.1) is 12.8 Å². The normalized spacial score (nSPS) is 15.3. The molecule has 2 aliphatic heterocycles. The summed E-state index contributed by atoms with van der Waals surface area (Å²) in [4.78, 5) is 31.5. The lowest BCUT2D eigenvalue weighted by Crippen LogP contribution is -2.54. The van der Waals surface area contributed by atoms with Crippen molar-refractivity contribution in [2.24, 2.45) is 5.92 Å². The van der Waals surface area contributed by atoms with E-state index in [9.17, 15) is 9.59 Å². The van der Waals surface area contributed by atoms with Gasteiger partial charge in [0.2, 0.25) is 12.7 Å². The van der Waals surface area contributed by atoms with Crippen molar-refractivity contribution in [2.45, 2.75) is 6.92 Å². The molecule has 0 atom stereocenters. The first-order valence-corrected chi connectivity index (χ1v) is 9.45. The van der Waals surface area contributed by atoms with Crippen LogP contribution in [0.5, 0.6) is 11.5 Å². The molecule has 7 nitrogen and oxygen atoms in total. The van der Waals surface area contributed by atoms with Gasteiger partial charge in [-0.05, 0) is 37.3 Å². The van der Waals surface area contributed by atoms with Crippen molar-refractivity contribution < 1.29 is 19.1 Å². The van der Waals surface area contributed by atoms with E-state index >= 15 is 0 Å². The van der Waals surface area contributed by atoms with Crippen molar-refractivity contribution in [3.8, 4) is 11.5 Å². The third kappa shape index (κ3) is 3.14. The van der Waals surface area contributed by atoms with Crippen LogP contribution in [-0.4, -0.2) is 41.6 Å². The highest BCUT2D eigenvalue weighted by Gasteiger charge is 2.36. The number of hydrogen-bond acceptors (Lipinski definition) is 5. The molecule has 3 heterocycles. The Morgan fingerprint density at radius 3 is 2.72 bits per heavy atom. The average Bonchev–Trinajstić information content (AvgIpc) is 3.14. The predicted octanol–water partition coefficient (Wildman–Crippen LogP) is 2.98. The van der Waals surface area contributed by atoms with Crippen LogP contribution in [0.2, 0.25) is 0 Å². The fourth-order valence-corrected chi connectivity index (χ4v) is 3.67. The van der Waals surface area contributed by atoms with Crippen LogP contribution in [0.25, 0.3) is 10.9 Å². The number of rotatable bonds is 3. The van der Waals surface area contributed by atoms with Gasteiger partial charge >= 0.3 is 0 Å². The SMILES string of the molecule is Cc1cc(NC(=O)C2CN(C(=O)c3ccc4c(c3)OCO4)C2)c2ccccc2n1. The quantitative estimate of drug-likeness (QED) is 0.745. The minimum Gasteiger partial charge on any atom is -0.454 e. The topological polar surface area (TPSA) is 80.8 Å². The molecule has 0 spiro atoms. The van der Waals surface area contributed by atoms with Crippen LogP contribution in [0.1, 0.15) is 16.1 Å². The lowest BCUT2D eigenvalue weighted by molar-refractivity contribution is -0.123. The van der Waals surface area contributed by atoms with E-state index in [0.717, 1.165) is 22.3 Å². The highest BCUT2D eigenvalue weighted by molar-refractivity contribution is 6.03. The molecule has 0 bridgehead atoms. The molecule has 0 saturated carbocycles. The van der Waals surface area contributed by atoms with E-state index in [1.807, 2.05) is 37.3 Å². The van der Waals surface area contributed by atoms with Crippen LogP contribution in [-0.2, 0) is 4.79 Å². The number of anilines is 1. The van der Waals surface area contributed by atoms with E-state index in [4.69, 9.17) is 9.47 Å². The van der Waals surface area contributed by atoms with Crippen molar-refractivity contribution >= 4 is 28.4 Å². The number of likely N-dealkylation sites (tertiary alicyclic amines) is 1. The van der Waals surface area contributed by atoms with Crippen molar-refractivity contribution in [3.05, 3.63) is 59.8 Å². The molecule has 1 saturated heterocycles. The third-order valence-corrected chi connectivity index (χ3v) is 5.26. The molecule has 1 aromatic heterocycles. The molecular weight excluding hydrogens is 370 g/mol. The van der Waals surface area contributed by atoms with Gasteiger partial charge in [0.05, 0.1) is 17.1 Å². The maximum Gasteiger partial charge on any atom is 0.254 e. The Hall–Kier alpha value is -3.61. The van der Waals surface area contributed by atoms with Gasteiger partial charge in [0.25, 0.3) is 5.91 Å². The lowest BCUT2D eigenvalue weighted by atomic mass is 9.97. The van der Waals surface area contributed by atoms with Crippen LogP contribution in [0.15, 0.2) is 48.5 Å². The van der Waals surface area contributed by atoms with Gasteiger partial charge in [-0.2, -0.15) is 0 Å². The van der Waals surface area contributed by atoms with Crippen LogP contribution in [0.4, 0.5) is 5.69 Å². The molecule has 0 aliphatic carbocycles. The second kappa shape index (κ2) is 6.77. The molecule has 5 rings (SSSR count). The van der Waals surface area contributed by atoms with E-state index in [0.29, 0.717) is 30.2 Å². The van der Waals surface area contributed by atoms with Crippen molar-refractivity contribution in [1.29, 1.82) is 0 Å². The molecule has 2 aromatic carbocycles. The summed E-state index contributed by atoms with van der Waals surface area (Å²) in [5, 5.41) is 3.91. The Balaban J connectivity index is 1.25. The number of amides is 2. The number of nitrogens with zero attached hydrogens (tertiary/aromatic N) is 2. The molecule has 29 heavy (non-hydrogen) atoms.